The van der Waals surface area contributed by atoms with Crippen LogP contribution in [-0.2, 0) is 0 Å². The predicted octanol–water partition coefficient (Wildman–Crippen LogP) is 1.49. The van der Waals surface area contributed by atoms with Crippen molar-refractivity contribution < 1.29 is 4.79 Å². The Balaban J connectivity index is 2.60. The molecule has 0 aliphatic carbocycles. The largest absolute Gasteiger partial charge is 0.345 e. The van der Waals surface area contributed by atoms with Crippen LogP contribution in [-0.4, -0.2) is 5.91 Å². The number of benzene rings is 1. The van der Waals surface area contributed by atoms with E-state index in [4.69, 9.17) is 0 Å². The van der Waals surface area contributed by atoms with Gasteiger partial charge in [-0.05, 0) is 18.6 Å². The summed E-state index contributed by atoms with van der Waals surface area (Å²) in [7, 11) is 0. The molecule has 1 N–H and O–H groups in total. The molecule has 0 radical (unpaired) electrons. The molecule has 1 atom stereocenters. The second-order valence-electron chi connectivity index (χ2n) is 2.78. The van der Waals surface area contributed by atoms with Crippen LogP contribution < -0.4 is 5.32 Å². The van der Waals surface area contributed by atoms with E-state index in [0.29, 0.717) is 0 Å². The summed E-state index contributed by atoms with van der Waals surface area (Å²) in [6.45, 7) is 1.99. The summed E-state index contributed by atoms with van der Waals surface area (Å²) < 4.78 is 0. The summed E-state index contributed by atoms with van der Waals surface area (Å²) in [4.78, 5) is 11.2. The van der Waals surface area contributed by atoms with E-state index in [-0.39, 0.29) is 11.9 Å². The molecule has 0 aromatic heterocycles. The lowest BCUT2D eigenvalue weighted by molar-refractivity contribution is 0.0958. The van der Waals surface area contributed by atoms with E-state index in [9.17, 15) is 4.79 Å². The highest BCUT2D eigenvalue weighted by atomic mass is 16.2. The molecule has 1 aromatic rings. The minimum atomic E-state index is 0.0492. The summed E-state index contributed by atoms with van der Waals surface area (Å²) in [5.74, 6) is 0.0492. The highest BCUT2D eigenvalue weighted by molar-refractivity contribution is 5.98. The van der Waals surface area contributed by atoms with E-state index < -0.39 is 0 Å². The molecule has 0 unspecified atom stereocenters. The Morgan fingerprint density at radius 3 is 2.82 bits per heavy atom. The molecule has 1 heterocycles. The third kappa shape index (κ3) is 0.827. The zero-order valence-electron chi connectivity index (χ0n) is 6.29. The van der Waals surface area contributed by atoms with Gasteiger partial charge in [-0.3, -0.25) is 4.79 Å². The lowest BCUT2D eigenvalue weighted by atomic mass is 10.1. The lowest BCUT2D eigenvalue weighted by Gasteiger charge is -2.00. The van der Waals surface area contributed by atoms with Crippen molar-refractivity contribution in [3.8, 4) is 0 Å². The fraction of sp³-hybridized carbons (Fsp3) is 0.222. The van der Waals surface area contributed by atoms with Crippen LogP contribution in [0.3, 0.4) is 0 Å². The van der Waals surface area contributed by atoms with Crippen LogP contribution in [0.2, 0.25) is 0 Å². The van der Waals surface area contributed by atoms with Gasteiger partial charge in [-0.1, -0.05) is 18.2 Å². The molecule has 56 valence electrons. The summed E-state index contributed by atoms with van der Waals surface area (Å²) in [6, 6.07) is 7.86. The van der Waals surface area contributed by atoms with Gasteiger partial charge >= 0.3 is 0 Å². The molecule has 0 saturated heterocycles. The van der Waals surface area contributed by atoms with Crippen LogP contribution in [0.15, 0.2) is 24.3 Å². The molecule has 0 bridgehead atoms. The van der Waals surface area contributed by atoms with Crippen molar-refractivity contribution in [1.29, 1.82) is 0 Å². The molecule has 2 heteroatoms. The molecule has 1 amide bonds. The number of carbonyl (C=O) groups excluding carboxylic acids is 1. The van der Waals surface area contributed by atoms with Gasteiger partial charge in [0, 0.05) is 5.56 Å². The van der Waals surface area contributed by atoms with Gasteiger partial charge in [-0.15, -0.1) is 0 Å². The Bertz CT molecular complexity index is 306. The first-order valence-corrected chi connectivity index (χ1v) is 3.69. The Morgan fingerprint density at radius 1 is 1.36 bits per heavy atom. The zero-order chi connectivity index (χ0) is 7.84. The topological polar surface area (TPSA) is 29.1 Å². The van der Waals surface area contributed by atoms with Crippen LogP contribution >= 0.6 is 0 Å². The zero-order valence-corrected chi connectivity index (χ0v) is 6.29. The number of carbonyl (C=O) groups is 1. The quantitative estimate of drug-likeness (QED) is 0.591. The van der Waals surface area contributed by atoms with E-state index in [1.165, 1.54) is 0 Å². The average Bonchev–Trinajstić information content (AvgIpc) is 2.30. The van der Waals surface area contributed by atoms with Gasteiger partial charge in [0.05, 0.1) is 6.04 Å². The van der Waals surface area contributed by atoms with Gasteiger partial charge in [-0.25, -0.2) is 0 Å². The van der Waals surface area contributed by atoms with Crippen molar-refractivity contribution in [2.24, 2.45) is 0 Å². The maximum Gasteiger partial charge on any atom is 0.252 e. The first-order chi connectivity index (χ1) is 5.29. The number of amides is 1. The van der Waals surface area contributed by atoms with E-state index >= 15 is 0 Å². The molecule has 1 aliphatic heterocycles. The van der Waals surface area contributed by atoms with Gasteiger partial charge in [0.15, 0.2) is 0 Å². The second-order valence-corrected chi connectivity index (χ2v) is 2.78. The summed E-state index contributed by atoms with van der Waals surface area (Å²) >= 11 is 0. The summed E-state index contributed by atoms with van der Waals surface area (Å²) in [5, 5.41) is 2.84. The van der Waals surface area contributed by atoms with E-state index in [2.05, 4.69) is 5.32 Å². The fourth-order valence-corrected chi connectivity index (χ4v) is 1.43. The Labute approximate surface area is 65.2 Å². The van der Waals surface area contributed by atoms with Crippen molar-refractivity contribution >= 4 is 5.91 Å². The molecule has 2 nitrogen and oxygen atoms in total. The molecule has 0 fully saturated rings. The standard InChI is InChI=1S/C9H9NO/c1-6-7-4-2-3-5-8(7)9(11)10-6/h2-6H,1H3,(H,10,11)/t6-/m0/s1. The summed E-state index contributed by atoms with van der Waals surface area (Å²) in [5.41, 5.74) is 1.93. The van der Waals surface area contributed by atoms with Gasteiger partial charge in [-0.2, -0.15) is 0 Å². The maximum absolute atomic E-state index is 11.2. The van der Waals surface area contributed by atoms with Crippen LogP contribution in [0.25, 0.3) is 0 Å². The van der Waals surface area contributed by atoms with E-state index in [1.54, 1.807) is 0 Å². The van der Waals surface area contributed by atoms with E-state index in [0.717, 1.165) is 11.1 Å². The minimum Gasteiger partial charge on any atom is -0.345 e. The second kappa shape index (κ2) is 2.09. The van der Waals surface area contributed by atoms with Crippen molar-refractivity contribution in [3.63, 3.8) is 0 Å². The summed E-state index contributed by atoms with van der Waals surface area (Å²) in [6.07, 6.45) is 0. The monoisotopic (exact) mass is 147 g/mol. The third-order valence-corrected chi connectivity index (χ3v) is 2.02. The highest BCUT2D eigenvalue weighted by Gasteiger charge is 2.23. The van der Waals surface area contributed by atoms with Crippen LogP contribution in [0.5, 0.6) is 0 Å². The number of rotatable bonds is 0. The molecule has 2 rings (SSSR count). The van der Waals surface area contributed by atoms with Crippen molar-refractivity contribution in [3.05, 3.63) is 35.4 Å². The van der Waals surface area contributed by atoms with Crippen molar-refractivity contribution in [1.82, 2.24) is 5.32 Å². The molecule has 1 aliphatic rings. The first kappa shape index (κ1) is 6.40. The van der Waals surface area contributed by atoms with Crippen molar-refractivity contribution in [2.75, 3.05) is 0 Å². The molecule has 0 saturated carbocycles. The maximum atomic E-state index is 11.2. The van der Waals surface area contributed by atoms with Gasteiger partial charge in [0.1, 0.15) is 0 Å². The van der Waals surface area contributed by atoms with Crippen LogP contribution in [0.1, 0.15) is 28.9 Å². The number of hydrogen-bond donors (Lipinski definition) is 1. The van der Waals surface area contributed by atoms with E-state index in [1.807, 2.05) is 31.2 Å². The Morgan fingerprint density at radius 2 is 2.09 bits per heavy atom. The van der Waals surface area contributed by atoms with Gasteiger partial charge < -0.3 is 5.32 Å². The smallest absolute Gasteiger partial charge is 0.252 e. The van der Waals surface area contributed by atoms with Crippen LogP contribution in [0, 0.1) is 0 Å². The Kier molecular flexibility index (Phi) is 1.22. The normalized spacial score (nSPS) is 21.2. The average molecular weight is 147 g/mol. The first-order valence-electron chi connectivity index (χ1n) is 3.69. The fourth-order valence-electron chi connectivity index (χ4n) is 1.43. The minimum absolute atomic E-state index is 0.0492. The third-order valence-electron chi connectivity index (χ3n) is 2.02. The molecular weight excluding hydrogens is 138 g/mol. The SMILES string of the molecule is C[C@@H]1NC(=O)c2ccccc21. The molecule has 11 heavy (non-hydrogen) atoms. The highest BCUT2D eigenvalue weighted by Crippen LogP contribution is 2.23. The number of hydrogen-bond acceptors (Lipinski definition) is 1. The van der Waals surface area contributed by atoms with Gasteiger partial charge in [0.2, 0.25) is 0 Å². The lowest BCUT2D eigenvalue weighted by Crippen LogP contribution is -2.16. The van der Waals surface area contributed by atoms with Crippen LogP contribution in [0.4, 0.5) is 0 Å². The molecular formula is C9H9NO. The molecule has 1 aromatic carbocycles. The Hall–Kier alpha value is -1.31. The van der Waals surface area contributed by atoms with Crippen molar-refractivity contribution in [2.45, 2.75) is 13.0 Å². The number of nitrogens with one attached hydrogen (secondary N) is 1. The molecule has 0 spiro atoms. The number of fused-ring (bicyclic) bond motifs is 1. The predicted molar refractivity (Wildman–Crippen MR) is 42.3 cm³/mol. The van der Waals surface area contributed by atoms with Gasteiger partial charge in [0.25, 0.3) is 5.91 Å².